The van der Waals surface area contributed by atoms with E-state index in [1.54, 1.807) is 0 Å². The predicted molar refractivity (Wildman–Crippen MR) is 88.9 cm³/mol. The fourth-order valence-electron chi connectivity index (χ4n) is 3.79. The monoisotopic (exact) mass is 317 g/mol. The van der Waals surface area contributed by atoms with E-state index in [2.05, 4.69) is 45.7 Å². The quantitative estimate of drug-likeness (QED) is 0.846. The zero-order chi connectivity index (χ0) is 16.4. The summed E-state index contributed by atoms with van der Waals surface area (Å²) in [6.45, 7) is 4.96. The Morgan fingerprint density at radius 2 is 2.22 bits per heavy atom. The number of piperidine rings is 1. The molecule has 1 aliphatic heterocycles. The molecule has 0 spiro atoms. The third kappa shape index (κ3) is 3.64. The maximum atomic E-state index is 5.35. The first-order valence-electron chi connectivity index (χ1n) is 8.32. The van der Waals surface area contributed by atoms with Crippen molar-refractivity contribution in [2.45, 2.75) is 32.4 Å². The summed E-state index contributed by atoms with van der Waals surface area (Å²) < 4.78 is 7.50. The second-order valence-electron chi connectivity index (χ2n) is 6.89. The molecule has 23 heavy (non-hydrogen) atoms. The van der Waals surface area contributed by atoms with Crippen molar-refractivity contribution in [3.05, 3.63) is 35.7 Å². The maximum absolute atomic E-state index is 5.35. The molecule has 126 valence electrons. The Kier molecular flexibility index (Phi) is 4.82. The van der Waals surface area contributed by atoms with Crippen LogP contribution >= 0.6 is 0 Å². The first kappa shape index (κ1) is 16.2. The predicted octanol–water partition coefficient (Wildman–Crippen LogP) is 2.23. The van der Waals surface area contributed by atoms with Crippen molar-refractivity contribution >= 4 is 0 Å². The number of imidazole rings is 1. The summed E-state index contributed by atoms with van der Waals surface area (Å²) >= 11 is 0. The van der Waals surface area contributed by atoms with Crippen molar-refractivity contribution in [2.24, 2.45) is 13.0 Å². The van der Waals surface area contributed by atoms with E-state index in [4.69, 9.17) is 4.52 Å². The molecule has 6 heteroatoms. The minimum atomic E-state index is 0.426. The van der Waals surface area contributed by atoms with Gasteiger partial charge < -0.3 is 9.09 Å². The van der Waals surface area contributed by atoms with Gasteiger partial charge in [0.25, 0.3) is 0 Å². The third-order valence-electron chi connectivity index (χ3n) is 4.81. The lowest BCUT2D eigenvalue weighted by atomic mass is 9.87. The average molecular weight is 317 g/mol. The van der Waals surface area contributed by atoms with Gasteiger partial charge in [-0.3, -0.25) is 9.80 Å². The van der Waals surface area contributed by atoms with Crippen molar-refractivity contribution in [1.82, 2.24) is 24.5 Å². The standard InChI is InChI=1S/C17H27N5O/c1-13-8-15(23-19-13)11-20(2)10-14-6-5-7-21(3)17(14)16-9-18-12-22(16)4/h8-9,12,14,17H,5-7,10-11H2,1-4H3/t14-,17+/m0/s1. The van der Waals surface area contributed by atoms with Crippen LogP contribution in [0.3, 0.4) is 0 Å². The smallest absolute Gasteiger partial charge is 0.150 e. The summed E-state index contributed by atoms with van der Waals surface area (Å²) in [6, 6.07) is 2.44. The minimum absolute atomic E-state index is 0.426. The number of nitrogens with zero attached hydrogens (tertiary/aromatic N) is 5. The van der Waals surface area contributed by atoms with Gasteiger partial charge in [0, 0.05) is 25.9 Å². The SMILES string of the molecule is Cc1cc(CN(C)C[C@@H]2CCCN(C)[C@H]2c2cncn2C)on1. The summed E-state index contributed by atoms with van der Waals surface area (Å²) in [7, 11) is 6.47. The molecule has 1 saturated heterocycles. The number of aromatic nitrogens is 3. The van der Waals surface area contributed by atoms with E-state index in [9.17, 15) is 0 Å². The second-order valence-corrected chi connectivity index (χ2v) is 6.89. The molecule has 0 aromatic carbocycles. The summed E-state index contributed by atoms with van der Waals surface area (Å²) in [5, 5.41) is 3.97. The van der Waals surface area contributed by atoms with E-state index in [-0.39, 0.29) is 0 Å². The van der Waals surface area contributed by atoms with Crippen LogP contribution in [0.15, 0.2) is 23.1 Å². The van der Waals surface area contributed by atoms with Gasteiger partial charge in [0.2, 0.25) is 0 Å². The molecule has 2 atom stereocenters. The third-order valence-corrected chi connectivity index (χ3v) is 4.81. The maximum Gasteiger partial charge on any atom is 0.150 e. The van der Waals surface area contributed by atoms with Gasteiger partial charge in [-0.25, -0.2) is 4.98 Å². The number of aryl methyl sites for hydroxylation is 2. The lowest BCUT2D eigenvalue weighted by molar-refractivity contribution is 0.0856. The molecule has 1 aliphatic rings. The van der Waals surface area contributed by atoms with Crippen LogP contribution in [-0.2, 0) is 13.6 Å². The zero-order valence-electron chi connectivity index (χ0n) is 14.6. The Balaban J connectivity index is 1.70. The number of likely N-dealkylation sites (tertiary alicyclic amines) is 1. The summed E-state index contributed by atoms with van der Waals surface area (Å²) in [5.41, 5.74) is 2.25. The fraction of sp³-hybridized carbons (Fsp3) is 0.647. The first-order chi connectivity index (χ1) is 11.0. The van der Waals surface area contributed by atoms with Gasteiger partial charge in [-0.15, -0.1) is 0 Å². The number of hydrogen-bond donors (Lipinski definition) is 0. The normalized spacial score (nSPS) is 22.8. The zero-order valence-corrected chi connectivity index (χ0v) is 14.6. The van der Waals surface area contributed by atoms with Crippen LogP contribution in [0, 0.1) is 12.8 Å². The number of rotatable bonds is 5. The Morgan fingerprint density at radius 1 is 1.39 bits per heavy atom. The van der Waals surface area contributed by atoms with Crippen molar-refractivity contribution in [3.63, 3.8) is 0 Å². The van der Waals surface area contributed by atoms with Crippen LogP contribution in [0.1, 0.15) is 36.0 Å². The van der Waals surface area contributed by atoms with Gasteiger partial charge in [0.1, 0.15) is 0 Å². The molecule has 0 amide bonds. The van der Waals surface area contributed by atoms with Crippen molar-refractivity contribution in [1.29, 1.82) is 0 Å². The van der Waals surface area contributed by atoms with Crippen LogP contribution in [0.25, 0.3) is 0 Å². The molecule has 1 fully saturated rings. The molecule has 2 aromatic rings. The molecule has 6 nitrogen and oxygen atoms in total. The molecule has 0 saturated carbocycles. The van der Waals surface area contributed by atoms with Gasteiger partial charge in [0.15, 0.2) is 5.76 Å². The van der Waals surface area contributed by atoms with E-state index in [1.807, 2.05) is 25.5 Å². The van der Waals surface area contributed by atoms with Crippen molar-refractivity contribution in [2.75, 3.05) is 27.2 Å². The molecular formula is C17H27N5O. The Bertz CT molecular complexity index is 634. The Labute approximate surface area is 138 Å². The summed E-state index contributed by atoms with van der Waals surface area (Å²) in [4.78, 5) is 9.13. The van der Waals surface area contributed by atoms with Gasteiger partial charge >= 0.3 is 0 Å². The van der Waals surface area contributed by atoms with Gasteiger partial charge in [-0.05, 0) is 46.3 Å². The van der Waals surface area contributed by atoms with Crippen LogP contribution in [0.5, 0.6) is 0 Å². The molecule has 0 radical (unpaired) electrons. The minimum Gasteiger partial charge on any atom is -0.360 e. The van der Waals surface area contributed by atoms with Crippen LogP contribution in [-0.4, -0.2) is 51.7 Å². The van der Waals surface area contributed by atoms with Crippen molar-refractivity contribution in [3.8, 4) is 0 Å². The largest absolute Gasteiger partial charge is 0.360 e. The lowest BCUT2D eigenvalue weighted by Crippen LogP contribution is -2.41. The average Bonchev–Trinajstić information content (AvgIpc) is 3.08. The van der Waals surface area contributed by atoms with E-state index < -0.39 is 0 Å². The number of hydrogen-bond acceptors (Lipinski definition) is 5. The van der Waals surface area contributed by atoms with Gasteiger partial charge in [-0.2, -0.15) is 0 Å². The highest BCUT2D eigenvalue weighted by Gasteiger charge is 2.33. The molecule has 0 bridgehead atoms. The van der Waals surface area contributed by atoms with Crippen LogP contribution in [0.2, 0.25) is 0 Å². The molecule has 0 unspecified atom stereocenters. The highest BCUT2D eigenvalue weighted by atomic mass is 16.5. The lowest BCUT2D eigenvalue weighted by Gasteiger charge is -2.40. The van der Waals surface area contributed by atoms with E-state index in [0.29, 0.717) is 12.0 Å². The second kappa shape index (κ2) is 6.84. The van der Waals surface area contributed by atoms with E-state index in [1.165, 1.54) is 18.5 Å². The summed E-state index contributed by atoms with van der Waals surface area (Å²) in [5.74, 6) is 1.53. The highest BCUT2D eigenvalue weighted by molar-refractivity contribution is 5.09. The Morgan fingerprint density at radius 3 is 2.87 bits per heavy atom. The Hall–Kier alpha value is -1.66. The van der Waals surface area contributed by atoms with E-state index >= 15 is 0 Å². The van der Waals surface area contributed by atoms with Gasteiger partial charge in [-0.1, -0.05) is 5.16 Å². The molecule has 3 heterocycles. The van der Waals surface area contributed by atoms with Gasteiger partial charge in [0.05, 0.1) is 30.3 Å². The molecule has 3 rings (SSSR count). The highest BCUT2D eigenvalue weighted by Crippen LogP contribution is 2.35. The molecular weight excluding hydrogens is 290 g/mol. The topological polar surface area (TPSA) is 50.3 Å². The first-order valence-corrected chi connectivity index (χ1v) is 8.32. The fourth-order valence-corrected chi connectivity index (χ4v) is 3.79. The van der Waals surface area contributed by atoms with E-state index in [0.717, 1.165) is 31.1 Å². The molecule has 0 N–H and O–H groups in total. The molecule has 2 aromatic heterocycles. The van der Waals surface area contributed by atoms with Crippen LogP contribution < -0.4 is 0 Å². The molecule has 0 aliphatic carbocycles. The summed E-state index contributed by atoms with van der Waals surface area (Å²) in [6.07, 6.45) is 6.42. The van der Waals surface area contributed by atoms with Crippen molar-refractivity contribution < 1.29 is 4.52 Å². The van der Waals surface area contributed by atoms with Crippen LogP contribution in [0.4, 0.5) is 0 Å².